The number of anilines is 1. The maximum atomic E-state index is 8.61. The molecule has 0 N–H and O–H groups in total. The molecule has 0 aromatic carbocycles. The summed E-state index contributed by atoms with van der Waals surface area (Å²) in [4.78, 5) is 6.46. The average molecular weight is 206 g/mol. The van der Waals surface area contributed by atoms with E-state index in [-0.39, 0.29) is 0 Å². The van der Waals surface area contributed by atoms with E-state index in [1.165, 1.54) is 0 Å². The Morgan fingerprint density at radius 1 is 1.60 bits per heavy atom. The quantitative estimate of drug-likeness (QED) is 0.738. The Labute approximate surface area is 91.1 Å². The molecule has 1 rings (SSSR count). The maximum absolute atomic E-state index is 8.61. The molecule has 0 saturated heterocycles. The normalized spacial score (nSPS) is 10.3. The van der Waals surface area contributed by atoms with Gasteiger partial charge in [0.05, 0.1) is 12.5 Å². The van der Waals surface area contributed by atoms with Gasteiger partial charge < -0.3 is 9.47 Å². The van der Waals surface area contributed by atoms with Gasteiger partial charge in [-0.2, -0.15) is 5.26 Å². The third-order valence-corrected chi connectivity index (χ3v) is 2.16. The molecule has 0 saturated carbocycles. The lowest BCUT2D eigenvalue weighted by Crippen LogP contribution is -2.30. The second kappa shape index (κ2) is 5.40. The van der Waals surface area contributed by atoms with Crippen molar-refractivity contribution in [3.63, 3.8) is 0 Å². The smallest absolute Gasteiger partial charge is 0.205 e. The van der Waals surface area contributed by atoms with Crippen molar-refractivity contribution < 1.29 is 0 Å². The summed E-state index contributed by atoms with van der Waals surface area (Å²) in [7, 11) is 1.97. The van der Waals surface area contributed by atoms with Gasteiger partial charge in [-0.3, -0.25) is 0 Å². The van der Waals surface area contributed by atoms with Crippen molar-refractivity contribution in [2.75, 3.05) is 18.0 Å². The van der Waals surface area contributed by atoms with Gasteiger partial charge in [0.15, 0.2) is 0 Å². The first-order valence-corrected chi connectivity index (χ1v) is 5.24. The van der Waals surface area contributed by atoms with Gasteiger partial charge in [0.2, 0.25) is 5.95 Å². The Hall–Kier alpha value is -1.50. The molecular weight excluding hydrogens is 188 g/mol. The number of hydrogen-bond acceptors (Lipinski definition) is 3. The van der Waals surface area contributed by atoms with Crippen molar-refractivity contribution >= 4 is 5.95 Å². The molecule has 0 aliphatic carbocycles. The summed E-state index contributed by atoms with van der Waals surface area (Å²) < 4.78 is 1.99. The molecule has 4 nitrogen and oxygen atoms in total. The van der Waals surface area contributed by atoms with E-state index >= 15 is 0 Å². The molecule has 1 aromatic rings. The predicted octanol–water partition coefficient (Wildman–Crippen LogP) is 1.80. The highest BCUT2D eigenvalue weighted by atomic mass is 15.3. The minimum Gasteiger partial charge on any atom is -0.341 e. The minimum atomic E-state index is 0.541. The first-order chi connectivity index (χ1) is 7.15. The summed E-state index contributed by atoms with van der Waals surface area (Å²) in [6, 6.07) is 2.17. The van der Waals surface area contributed by atoms with E-state index in [9.17, 15) is 0 Å². The van der Waals surface area contributed by atoms with Crippen LogP contribution in [0.25, 0.3) is 0 Å². The molecule has 0 aliphatic rings. The highest BCUT2D eigenvalue weighted by molar-refractivity contribution is 5.31. The van der Waals surface area contributed by atoms with Crippen LogP contribution in [0.5, 0.6) is 0 Å². The molecule has 0 aliphatic heterocycles. The second-order valence-electron chi connectivity index (χ2n) is 4.09. The van der Waals surface area contributed by atoms with Gasteiger partial charge in [-0.15, -0.1) is 0 Å². The van der Waals surface area contributed by atoms with Crippen LogP contribution in [0.4, 0.5) is 5.95 Å². The van der Waals surface area contributed by atoms with E-state index in [2.05, 4.69) is 29.8 Å². The summed E-state index contributed by atoms with van der Waals surface area (Å²) in [5, 5.41) is 8.61. The zero-order valence-electron chi connectivity index (χ0n) is 9.64. The van der Waals surface area contributed by atoms with Crippen LogP contribution in [0.1, 0.15) is 20.3 Å². The summed E-state index contributed by atoms with van der Waals surface area (Å²) in [5.74, 6) is 1.51. The van der Waals surface area contributed by atoms with Crippen LogP contribution in [0.2, 0.25) is 0 Å². The molecule has 4 heteroatoms. The molecule has 0 amide bonds. The number of imidazole rings is 1. The third-order valence-electron chi connectivity index (χ3n) is 2.16. The van der Waals surface area contributed by atoms with Crippen molar-refractivity contribution in [3.8, 4) is 6.07 Å². The first-order valence-electron chi connectivity index (χ1n) is 5.24. The molecule has 0 bridgehead atoms. The van der Waals surface area contributed by atoms with Crippen LogP contribution in [-0.4, -0.2) is 22.6 Å². The van der Waals surface area contributed by atoms with E-state index in [1.807, 2.05) is 17.8 Å². The van der Waals surface area contributed by atoms with Crippen LogP contribution >= 0.6 is 0 Å². The third kappa shape index (κ3) is 3.28. The summed E-state index contributed by atoms with van der Waals surface area (Å²) in [5.41, 5.74) is 0. The summed E-state index contributed by atoms with van der Waals surface area (Å²) >= 11 is 0. The second-order valence-corrected chi connectivity index (χ2v) is 4.09. The van der Waals surface area contributed by atoms with E-state index in [0.29, 0.717) is 12.3 Å². The van der Waals surface area contributed by atoms with Crippen molar-refractivity contribution in [2.45, 2.75) is 20.3 Å². The van der Waals surface area contributed by atoms with Gasteiger partial charge in [-0.25, -0.2) is 4.98 Å². The van der Waals surface area contributed by atoms with E-state index in [4.69, 9.17) is 5.26 Å². The van der Waals surface area contributed by atoms with Crippen molar-refractivity contribution in [2.24, 2.45) is 13.0 Å². The van der Waals surface area contributed by atoms with Crippen LogP contribution in [0.3, 0.4) is 0 Å². The number of aryl methyl sites for hydroxylation is 1. The number of aromatic nitrogens is 2. The number of nitriles is 1. The lowest BCUT2D eigenvalue weighted by atomic mass is 10.2. The predicted molar refractivity (Wildman–Crippen MR) is 60.5 cm³/mol. The highest BCUT2D eigenvalue weighted by Gasteiger charge is 2.11. The van der Waals surface area contributed by atoms with Crippen LogP contribution in [0.15, 0.2) is 12.4 Å². The van der Waals surface area contributed by atoms with Gasteiger partial charge in [-0.1, -0.05) is 13.8 Å². The van der Waals surface area contributed by atoms with Crippen molar-refractivity contribution in [1.29, 1.82) is 5.26 Å². The van der Waals surface area contributed by atoms with Crippen LogP contribution in [0, 0.1) is 17.2 Å². The molecule has 82 valence electrons. The fraction of sp³-hybridized carbons (Fsp3) is 0.636. The van der Waals surface area contributed by atoms with Gasteiger partial charge in [0.25, 0.3) is 0 Å². The van der Waals surface area contributed by atoms with Crippen LogP contribution in [-0.2, 0) is 7.05 Å². The summed E-state index contributed by atoms with van der Waals surface area (Å²) in [6.07, 6.45) is 4.25. The Morgan fingerprint density at radius 2 is 2.33 bits per heavy atom. The van der Waals surface area contributed by atoms with Crippen LogP contribution < -0.4 is 4.90 Å². The zero-order valence-corrected chi connectivity index (χ0v) is 9.64. The topological polar surface area (TPSA) is 44.9 Å². The lowest BCUT2D eigenvalue weighted by Gasteiger charge is -2.24. The Bertz CT molecular complexity index is 335. The molecule has 0 unspecified atom stereocenters. The Balaban J connectivity index is 2.72. The molecule has 1 aromatic heterocycles. The standard InChI is InChI=1S/C11H18N4/c1-10(2)9-15(7-4-5-12)11-13-6-8-14(11)3/h6,8,10H,4,7,9H2,1-3H3. The highest BCUT2D eigenvalue weighted by Crippen LogP contribution is 2.12. The molecule has 0 atom stereocenters. The minimum absolute atomic E-state index is 0.541. The van der Waals surface area contributed by atoms with Crippen molar-refractivity contribution in [1.82, 2.24) is 9.55 Å². The van der Waals surface area contributed by atoms with Gasteiger partial charge in [0.1, 0.15) is 0 Å². The Kier molecular flexibility index (Phi) is 4.17. The Morgan fingerprint density at radius 3 is 2.80 bits per heavy atom. The van der Waals surface area contributed by atoms with E-state index in [1.54, 1.807) is 6.20 Å². The van der Waals surface area contributed by atoms with E-state index < -0.39 is 0 Å². The molecular formula is C11H18N4. The first kappa shape index (κ1) is 11.6. The fourth-order valence-electron chi connectivity index (χ4n) is 1.56. The molecule has 0 spiro atoms. The molecule has 0 fully saturated rings. The maximum Gasteiger partial charge on any atom is 0.205 e. The average Bonchev–Trinajstić information content (AvgIpc) is 2.58. The molecule has 0 radical (unpaired) electrons. The van der Waals surface area contributed by atoms with Gasteiger partial charge >= 0.3 is 0 Å². The van der Waals surface area contributed by atoms with E-state index in [0.717, 1.165) is 19.0 Å². The van der Waals surface area contributed by atoms with Crippen molar-refractivity contribution in [3.05, 3.63) is 12.4 Å². The largest absolute Gasteiger partial charge is 0.341 e. The lowest BCUT2D eigenvalue weighted by molar-refractivity contribution is 0.596. The molecule has 1 heterocycles. The number of hydrogen-bond donors (Lipinski definition) is 0. The fourth-order valence-corrected chi connectivity index (χ4v) is 1.56. The monoisotopic (exact) mass is 206 g/mol. The number of rotatable bonds is 5. The van der Waals surface area contributed by atoms with Gasteiger partial charge in [0, 0.05) is 32.5 Å². The molecule has 15 heavy (non-hydrogen) atoms. The summed E-state index contributed by atoms with van der Waals surface area (Å²) in [6.45, 7) is 6.02. The van der Waals surface area contributed by atoms with Gasteiger partial charge in [-0.05, 0) is 5.92 Å². The zero-order chi connectivity index (χ0) is 11.3. The number of nitrogens with zero attached hydrogens (tertiary/aromatic N) is 4. The SMILES string of the molecule is CC(C)CN(CCC#N)c1nccn1C.